The van der Waals surface area contributed by atoms with Gasteiger partial charge in [0.05, 0.1) is 17.0 Å². The van der Waals surface area contributed by atoms with Crippen molar-refractivity contribution in [2.75, 3.05) is 26.2 Å². The van der Waals surface area contributed by atoms with Crippen LogP contribution in [0.5, 0.6) is 0 Å². The van der Waals surface area contributed by atoms with Crippen LogP contribution in [-0.2, 0) is 27.0 Å². The van der Waals surface area contributed by atoms with Gasteiger partial charge >= 0.3 is 147 Å². The molecule has 2 aliphatic heterocycles. The number of nitrogens with zero attached hydrogens (tertiary/aromatic N) is 7. The Bertz CT molecular complexity index is 3380. The molecule has 0 spiro atoms. The van der Waals surface area contributed by atoms with Gasteiger partial charge in [0.25, 0.3) is 0 Å². The minimum absolute atomic E-state index is 0.0465. The second-order valence-corrected chi connectivity index (χ2v) is 47.8. The summed E-state index contributed by atoms with van der Waals surface area (Å²) in [7, 11) is 22.6. The Kier molecular flexibility index (Phi) is 41.6. The summed E-state index contributed by atoms with van der Waals surface area (Å²) in [5.74, 6) is 2.49. The van der Waals surface area contributed by atoms with E-state index in [1.54, 1.807) is 133 Å². The van der Waals surface area contributed by atoms with Gasteiger partial charge in [-0.15, -0.1) is 0 Å². The van der Waals surface area contributed by atoms with E-state index in [1.165, 1.54) is 110 Å². The van der Waals surface area contributed by atoms with Gasteiger partial charge in [0.2, 0.25) is 0 Å². The van der Waals surface area contributed by atoms with Crippen molar-refractivity contribution in [1.82, 2.24) is 34.6 Å². The van der Waals surface area contributed by atoms with Crippen molar-refractivity contribution in [1.29, 1.82) is 0 Å². The number of hydrogen-bond acceptors (Lipinski definition) is 7. The third kappa shape index (κ3) is 31.5. The molecule has 17 heteroatoms. The predicted octanol–water partition coefficient (Wildman–Crippen LogP) is 27.7. The van der Waals surface area contributed by atoms with E-state index in [9.17, 15) is 0 Å². The molecule has 5 heterocycles. The summed E-state index contributed by atoms with van der Waals surface area (Å²) in [6.07, 6.45) is 48.5. The first kappa shape index (κ1) is 90.2. The van der Waals surface area contributed by atoms with Crippen LogP contribution in [0.4, 0.5) is 0 Å². The standard InChI is InChI=1S/2C21H31N2.C18H33P.2C7H6.3C5H4BrN.4ClH.2Ru/c2*1-14-9-16(3)20(17(4)10-14)22-7-8-23(13-22)21-18(5)11-15(2)12-19(21)6;1-4-10-16(11-5-1)19(17-12-6-2-7-13-17)18-14-8-3-9-15-18;2*1-7-5-3-2-4-6-7;3*6-5-2-1-3-7-4-5;;;;;;/h2*9,11,13,17,19H,7-8,10,12H2,1-6H3;16-18H,1-15H2;2*1-6H;3*1-4H;4*1H;;/q2*-1;;;;;;;;;;;2*+2/p-3/t2*17-,19+;;;;;;;;;;;;. The van der Waals surface area contributed by atoms with Crippen molar-refractivity contribution in [2.24, 2.45) is 23.7 Å². The topological polar surface area (TPSA) is 51.6 Å². The van der Waals surface area contributed by atoms with E-state index >= 15 is 0 Å². The van der Waals surface area contributed by atoms with Gasteiger partial charge in [-0.25, -0.2) is 0 Å². The molecule has 0 unspecified atom stereocenters. The van der Waals surface area contributed by atoms with E-state index in [-0.39, 0.29) is 7.92 Å². The molecular formula is C89H120Br3Cl4N7PRu2-. The van der Waals surface area contributed by atoms with Gasteiger partial charge in [-0.05, 0) is 311 Å². The number of benzene rings is 2. The van der Waals surface area contributed by atoms with Gasteiger partial charge in [0, 0.05) is 84.7 Å². The van der Waals surface area contributed by atoms with Crippen molar-refractivity contribution in [2.45, 2.75) is 222 Å². The van der Waals surface area contributed by atoms with Gasteiger partial charge in [-0.2, -0.15) is 13.3 Å². The second-order valence-electron chi connectivity index (χ2n) is 30.1. The van der Waals surface area contributed by atoms with Crippen molar-refractivity contribution >= 4 is 104 Å². The Balaban J connectivity index is 0.000000177. The van der Waals surface area contributed by atoms with Crippen molar-refractivity contribution in [3.63, 3.8) is 0 Å². The van der Waals surface area contributed by atoms with Gasteiger partial charge in [-0.1, -0.05) is 93.6 Å². The summed E-state index contributed by atoms with van der Waals surface area (Å²) < 4.78 is 6.92. The second kappa shape index (κ2) is 48.8. The molecule has 106 heavy (non-hydrogen) atoms. The maximum absolute atomic E-state index is 5.67. The molecule has 582 valence electrons. The minimum atomic E-state index is -1.61. The van der Waals surface area contributed by atoms with Gasteiger partial charge in [-0.3, -0.25) is 15.0 Å². The summed E-state index contributed by atoms with van der Waals surface area (Å²) >= 11 is 6.52. The molecule has 2 saturated heterocycles. The fourth-order valence-electron chi connectivity index (χ4n) is 17.2. The average Bonchev–Trinajstić information content (AvgIpc) is 1.64. The summed E-state index contributed by atoms with van der Waals surface area (Å²) in [5.41, 5.74) is 23.8. The molecule has 0 amide bonds. The third-order valence-corrected chi connectivity index (χ3v) is 30.6. The number of allylic oxidation sites excluding steroid dienone is 16. The van der Waals surface area contributed by atoms with Crippen LogP contribution in [0.3, 0.4) is 0 Å². The van der Waals surface area contributed by atoms with Crippen molar-refractivity contribution in [3.05, 3.63) is 264 Å². The van der Waals surface area contributed by atoms with Crippen LogP contribution < -0.4 is 0 Å². The molecular weight excluding hydrogens is 1780 g/mol. The van der Waals surface area contributed by atoms with Crippen LogP contribution in [0, 0.1) is 37.0 Å². The van der Waals surface area contributed by atoms with Crippen LogP contribution in [-0.4, -0.2) is 86.9 Å². The third-order valence-electron chi connectivity index (χ3n) is 20.9. The molecule has 7 aliphatic carbocycles. The Morgan fingerprint density at radius 2 is 0.613 bits per heavy atom. The van der Waals surface area contributed by atoms with Crippen LogP contribution in [0.1, 0.15) is 216 Å². The molecule has 14 rings (SSSR count). The van der Waals surface area contributed by atoms with E-state index in [0.29, 0.717) is 23.7 Å². The molecule has 2 aromatic carbocycles. The Morgan fingerprint density at radius 3 is 0.802 bits per heavy atom. The van der Waals surface area contributed by atoms with Gasteiger partial charge in [0.1, 0.15) is 0 Å². The van der Waals surface area contributed by atoms with E-state index in [2.05, 4.69) is 203 Å². The first-order valence-electron chi connectivity index (χ1n) is 38.5. The normalized spacial score (nSPS) is 21.7. The zero-order valence-electron chi connectivity index (χ0n) is 65.1. The zero-order valence-corrected chi connectivity index (χ0v) is 77.4. The Hall–Kier alpha value is -2.97. The molecule has 5 fully saturated rings. The molecule has 0 bridgehead atoms. The van der Waals surface area contributed by atoms with Crippen molar-refractivity contribution < 1.29 is 27.0 Å². The van der Waals surface area contributed by atoms with Gasteiger partial charge < -0.3 is 19.6 Å². The van der Waals surface area contributed by atoms with E-state index in [4.69, 9.17) is 38.8 Å². The average molecular weight is 1900 g/mol. The first-order chi connectivity index (χ1) is 50.9. The summed E-state index contributed by atoms with van der Waals surface area (Å²) in [4.78, 5) is 21.5. The first-order valence-corrected chi connectivity index (χ1v) is 53.6. The SMILES string of the molecule is Brc1cccnc1.Brc1cccnc1.Brc1cccnc1.C1CCC([PH+](C2CCCCC2)C2CCCCC2)CC1.CC1=CC(C)=C(N2[CH-]N(C3=C(C)C=C(C)C[C@@H]3C)CC2)[C@H](C)C1.CC1=CC(C)=C(N2[CH-]N(C3=C(C)C=C(C)C[C@@H]3C)CC2)[C@H](C)C1.[Cl][Ru]([Cl])=[CH]c1ccccc1.[Cl][Ru]([Cl])=[CH]c1ccccc1. The monoisotopic (exact) mass is 1900 g/mol. The van der Waals surface area contributed by atoms with Crippen LogP contribution in [0.15, 0.2) is 239 Å². The number of aromatic nitrogens is 3. The van der Waals surface area contributed by atoms with Gasteiger partial charge in [0.15, 0.2) is 0 Å². The number of rotatable bonds is 9. The predicted molar refractivity (Wildman–Crippen MR) is 468 cm³/mol. The van der Waals surface area contributed by atoms with E-state index in [1.807, 2.05) is 106 Å². The number of halogens is 7. The fraction of sp³-hybridized carbons (Fsp3) is 0.472. The molecule has 0 N–H and O–H groups in total. The quantitative estimate of drug-likeness (QED) is 0.0828. The molecule has 5 aromatic rings. The maximum atomic E-state index is 5.67. The molecule has 3 saturated carbocycles. The van der Waals surface area contributed by atoms with Crippen molar-refractivity contribution in [3.8, 4) is 0 Å². The van der Waals surface area contributed by atoms with E-state index in [0.717, 1.165) is 50.7 Å². The molecule has 9 aliphatic rings. The van der Waals surface area contributed by atoms with Crippen LogP contribution >= 0.6 is 94.5 Å². The summed E-state index contributed by atoms with van der Waals surface area (Å²) in [6.45, 7) is 36.7. The molecule has 3 aromatic heterocycles. The molecule has 4 atom stereocenters. The summed E-state index contributed by atoms with van der Waals surface area (Å²) in [6, 6.07) is 31.2. The number of pyridine rings is 3. The van der Waals surface area contributed by atoms with Crippen LogP contribution in [0.2, 0.25) is 0 Å². The zero-order chi connectivity index (χ0) is 76.5. The Labute approximate surface area is 694 Å². The summed E-state index contributed by atoms with van der Waals surface area (Å²) in [5, 5.41) is 0. The molecule has 7 nitrogen and oxygen atoms in total. The number of hydrogen-bond donors (Lipinski definition) is 0. The molecule has 0 radical (unpaired) electrons. The fourth-order valence-corrected chi connectivity index (χ4v) is 26.9. The Morgan fingerprint density at radius 1 is 0.368 bits per heavy atom. The van der Waals surface area contributed by atoms with E-state index < -0.39 is 27.0 Å². The van der Waals surface area contributed by atoms with Crippen LogP contribution in [0.25, 0.3) is 0 Å².